The molecule has 5 rings (SSSR count). The van der Waals surface area contributed by atoms with Crippen LogP contribution in [0.25, 0.3) is 0 Å². The smallest absolute Gasteiger partial charge is 0.264 e. The molecule has 0 spiro atoms. The van der Waals surface area contributed by atoms with Gasteiger partial charge < -0.3 is 10.2 Å². The van der Waals surface area contributed by atoms with E-state index in [1.165, 1.54) is 4.31 Å². The van der Waals surface area contributed by atoms with Crippen LogP contribution in [0, 0.1) is 27.7 Å². The zero-order valence-electron chi connectivity index (χ0n) is 27.8. The first kappa shape index (κ1) is 33.9. The van der Waals surface area contributed by atoms with E-state index in [4.69, 9.17) is 0 Å². The number of amides is 2. The summed E-state index contributed by atoms with van der Waals surface area (Å²) in [5.41, 5.74) is 5.89. The quantitative estimate of drug-likeness (QED) is 0.182. The second-order valence-corrected chi connectivity index (χ2v) is 14.6. The maximum atomic E-state index is 14.7. The zero-order chi connectivity index (χ0) is 33.6. The normalized spacial score (nSPS) is 14.0. The lowest BCUT2D eigenvalue weighted by Crippen LogP contribution is -2.54. The lowest BCUT2D eigenvalue weighted by molar-refractivity contribution is -0.140. The molecule has 1 aliphatic rings. The van der Waals surface area contributed by atoms with Crippen molar-refractivity contribution in [1.82, 2.24) is 10.2 Å². The Labute approximate surface area is 279 Å². The Hall–Kier alpha value is -4.43. The average molecular weight is 652 g/mol. The predicted molar refractivity (Wildman–Crippen MR) is 188 cm³/mol. The van der Waals surface area contributed by atoms with Crippen LogP contribution in [0.3, 0.4) is 0 Å². The number of anilines is 1. The highest BCUT2D eigenvalue weighted by Crippen LogP contribution is 2.30. The first-order valence-electron chi connectivity index (χ1n) is 16.4. The molecule has 4 aromatic rings. The molecule has 246 valence electrons. The summed E-state index contributed by atoms with van der Waals surface area (Å²) in [6, 6.07) is 28.9. The molecule has 1 aliphatic carbocycles. The van der Waals surface area contributed by atoms with Crippen LogP contribution >= 0.6 is 0 Å². The number of rotatable bonds is 12. The van der Waals surface area contributed by atoms with Gasteiger partial charge in [-0.15, -0.1) is 0 Å². The molecule has 7 nitrogen and oxygen atoms in total. The van der Waals surface area contributed by atoms with Gasteiger partial charge in [-0.3, -0.25) is 13.9 Å². The summed E-state index contributed by atoms with van der Waals surface area (Å²) in [4.78, 5) is 30.6. The van der Waals surface area contributed by atoms with Gasteiger partial charge in [-0.25, -0.2) is 8.42 Å². The fourth-order valence-corrected chi connectivity index (χ4v) is 7.64. The van der Waals surface area contributed by atoms with Crippen LogP contribution in [0.2, 0.25) is 0 Å². The molecule has 1 N–H and O–H groups in total. The highest BCUT2D eigenvalue weighted by molar-refractivity contribution is 7.92. The molecular formula is C39H45N3O4S. The third kappa shape index (κ3) is 8.30. The van der Waals surface area contributed by atoms with Gasteiger partial charge in [0.15, 0.2) is 0 Å². The van der Waals surface area contributed by atoms with Crippen LogP contribution in [0.4, 0.5) is 5.69 Å². The number of benzene rings is 4. The third-order valence-corrected chi connectivity index (χ3v) is 11.0. The number of carbonyl (C=O) groups excluding carboxylic acids is 2. The Morgan fingerprint density at radius 3 is 2.02 bits per heavy atom. The molecule has 1 saturated carbocycles. The topological polar surface area (TPSA) is 86.8 Å². The van der Waals surface area contributed by atoms with Gasteiger partial charge in [-0.1, -0.05) is 103 Å². The van der Waals surface area contributed by atoms with E-state index in [9.17, 15) is 18.0 Å². The van der Waals surface area contributed by atoms with Gasteiger partial charge in [0.05, 0.1) is 10.6 Å². The monoisotopic (exact) mass is 651 g/mol. The Morgan fingerprint density at radius 2 is 1.38 bits per heavy atom. The lowest BCUT2D eigenvalue weighted by atomic mass is 10.0. The summed E-state index contributed by atoms with van der Waals surface area (Å²) in [6.07, 6.45) is 4.23. The highest BCUT2D eigenvalue weighted by Gasteiger charge is 2.36. The molecular weight excluding hydrogens is 607 g/mol. The summed E-state index contributed by atoms with van der Waals surface area (Å²) in [7, 11) is -4.16. The van der Waals surface area contributed by atoms with Crippen molar-refractivity contribution in [2.24, 2.45) is 0 Å². The minimum Gasteiger partial charge on any atom is -0.352 e. The van der Waals surface area contributed by atoms with Crippen molar-refractivity contribution in [2.75, 3.05) is 10.8 Å². The van der Waals surface area contributed by atoms with E-state index in [2.05, 4.69) is 5.32 Å². The van der Waals surface area contributed by atoms with Crippen molar-refractivity contribution in [2.45, 2.75) is 83.3 Å². The zero-order valence-corrected chi connectivity index (χ0v) is 28.6. The first-order valence-corrected chi connectivity index (χ1v) is 17.8. The van der Waals surface area contributed by atoms with Crippen LogP contribution in [0.1, 0.15) is 59.1 Å². The molecule has 0 heterocycles. The van der Waals surface area contributed by atoms with Gasteiger partial charge in [0.25, 0.3) is 10.0 Å². The fourth-order valence-electron chi connectivity index (χ4n) is 6.17. The molecule has 0 aliphatic heterocycles. The number of aryl methyl sites for hydroxylation is 3. The van der Waals surface area contributed by atoms with Crippen molar-refractivity contribution in [3.63, 3.8) is 0 Å². The molecule has 1 fully saturated rings. The number of sulfonamides is 1. The number of hydrogen-bond donors (Lipinski definition) is 1. The SMILES string of the molecule is Cc1ccc(CN(C(=O)CN(c2cccc(C)c2C)S(=O)(=O)c2ccc(C)cc2)[C@@H](Cc2ccccc2)C(=O)NC2CCCC2)cc1. The largest absolute Gasteiger partial charge is 0.352 e. The van der Waals surface area contributed by atoms with Crippen LogP contribution in [-0.2, 0) is 32.6 Å². The summed E-state index contributed by atoms with van der Waals surface area (Å²) in [5.74, 6) is -0.675. The highest BCUT2D eigenvalue weighted by atomic mass is 32.2. The lowest BCUT2D eigenvalue weighted by Gasteiger charge is -2.34. The van der Waals surface area contributed by atoms with Crippen LogP contribution < -0.4 is 9.62 Å². The van der Waals surface area contributed by atoms with E-state index in [1.54, 1.807) is 41.3 Å². The van der Waals surface area contributed by atoms with Gasteiger partial charge in [0.2, 0.25) is 11.8 Å². The second-order valence-electron chi connectivity index (χ2n) is 12.7. The Kier molecular flexibility index (Phi) is 10.8. The van der Waals surface area contributed by atoms with E-state index < -0.39 is 28.5 Å². The van der Waals surface area contributed by atoms with Gasteiger partial charge in [0, 0.05) is 19.0 Å². The van der Waals surface area contributed by atoms with Crippen LogP contribution in [0.15, 0.2) is 102 Å². The number of hydrogen-bond acceptors (Lipinski definition) is 4. The third-order valence-electron chi connectivity index (χ3n) is 9.18. The van der Waals surface area contributed by atoms with Gasteiger partial charge >= 0.3 is 0 Å². The van der Waals surface area contributed by atoms with Gasteiger partial charge in [-0.2, -0.15) is 0 Å². The molecule has 2 amide bonds. The molecule has 0 radical (unpaired) electrons. The molecule has 0 saturated heterocycles. The van der Waals surface area contributed by atoms with Crippen LogP contribution in [0.5, 0.6) is 0 Å². The van der Waals surface area contributed by atoms with Crippen molar-refractivity contribution in [3.05, 3.63) is 130 Å². The molecule has 0 bridgehead atoms. The van der Waals surface area contributed by atoms with E-state index in [1.807, 2.05) is 88.4 Å². The predicted octanol–water partition coefficient (Wildman–Crippen LogP) is 6.81. The molecule has 1 atom stereocenters. The van der Waals surface area contributed by atoms with E-state index >= 15 is 0 Å². The summed E-state index contributed by atoms with van der Waals surface area (Å²) < 4.78 is 29.9. The van der Waals surface area contributed by atoms with Crippen LogP contribution in [-0.4, -0.2) is 43.8 Å². The number of carbonyl (C=O) groups is 2. The summed E-state index contributed by atoms with van der Waals surface area (Å²) in [6.45, 7) is 7.37. The minimum atomic E-state index is -4.16. The summed E-state index contributed by atoms with van der Waals surface area (Å²) in [5, 5.41) is 3.23. The van der Waals surface area contributed by atoms with Gasteiger partial charge in [0.1, 0.15) is 12.6 Å². The maximum absolute atomic E-state index is 14.7. The second kappa shape index (κ2) is 15.0. The van der Waals surface area contributed by atoms with Crippen molar-refractivity contribution >= 4 is 27.5 Å². The molecule has 8 heteroatoms. The minimum absolute atomic E-state index is 0.0606. The van der Waals surface area contributed by atoms with E-state index in [-0.39, 0.29) is 23.4 Å². The maximum Gasteiger partial charge on any atom is 0.264 e. The molecule has 4 aromatic carbocycles. The Morgan fingerprint density at radius 1 is 0.766 bits per heavy atom. The standard InChI is InChI=1S/C39H45N3O4S/c1-28-17-21-33(22-18-28)26-41(37(25-32-12-6-5-7-13-32)39(44)40-34-14-8-9-15-34)38(43)27-42(36-16-10-11-30(3)31(36)4)47(45,46)35-23-19-29(2)20-24-35/h5-7,10-13,16-24,34,37H,8-9,14-15,25-27H2,1-4H3,(H,40,44)/t37-/m0/s1. The van der Waals surface area contributed by atoms with Crippen molar-refractivity contribution in [1.29, 1.82) is 0 Å². The molecule has 0 aromatic heterocycles. The van der Waals surface area contributed by atoms with E-state index in [0.29, 0.717) is 12.1 Å². The van der Waals surface area contributed by atoms with Gasteiger partial charge in [-0.05, 0) is 81.0 Å². The van der Waals surface area contributed by atoms with Crippen molar-refractivity contribution < 1.29 is 18.0 Å². The summed E-state index contributed by atoms with van der Waals surface area (Å²) >= 11 is 0. The van der Waals surface area contributed by atoms with E-state index in [0.717, 1.165) is 59.1 Å². The Bertz CT molecular complexity index is 1780. The molecule has 0 unspecified atom stereocenters. The molecule has 47 heavy (non-hydrogen) atoms. The number of nitrogens with one attached hydrogen (secondary N) is 1. The first-order chi connectivity index (χ1) is 22.5. The Balaban J connectivity index is 1.58. The fraction of sp³-hybridized carbons (Fsp3) is 0.333. The number of nitrogens with zero attached hydrogens (tertiary/aromatic N) is 2. The average Bonchev–Trinajstić information content (AvgIpc) is 3.57. The van der Waals surface area contributed by atoms with Crippen molar-refractivity contribution in [3.8, 4) is 0 Å².